The molecule has 18 heavy (non-hydrogen) atoms. The fourth-order valence-electron chi connectivity index (χ4n) is 2.36. The largest absolute Gasteiger partial charge is 0.340 e. The van der Waals surface area contributed by atoms with E-state index in [2.05, 4.69) is 21.8 Å². The Morgan fingerprint density at radius 3 is 3.11 bits per heavy atom. The second-order valence-electron chi connectivity index (χ2n) is 4.97. The summed E-state index contributed by atoms with van der Waals surface area (Å²) < 4.78 is 2.09. The van der Waals surface area contributed by atoms with Gasteiger partial charge >= 0.3 is 0 Å². The van der Waals surface area contributed by atoms with Crippen LogP contribution in [0.25, 0.3) is 0 Å². The minimum Gasteiger partial charge on any atom is -0.340 e. The van der Waals surface area contributed by atoms with Gasteiger partial charge in [0.15, 0.2) is 0 Å². The van der Waals surface area contributed by atoms with Crippen LogP contribution >= 0.6 is 0 Å². The highest BCUT2D eigenvalue weighted by Gasteiger charge is 2.19. The number of nitrogens with one attached hydrogen (secondary N) is 1. The summed E-state index contributed by atoms with van der Waals surface area (Å²) in [6, 6.07) is 0.415. The number of imidazole rings is 1. The average molecular weight is 250 g/mol. The number of aromatic nitrogens is 2. The maximum absolute atomic E-state index is 12.0. The molecule has 0 radical (unpaired) electrons. The number of aryl methyl sites for hydroxylation is 2. The molecule has 1 aliphatic heterocycles. The monoisotopic (exact) mass is 250 g/mol. The molecule has 2 heterocycles. The maximum atomic E-state index is 12.0. The molecule has 0 bridgehead atoms. The van der Waals surface area contributed by atoms with Crippen LogP contribution in [0, 0.1) is 6.92 Å². The molecule has 1 aromatic heterocycles. The van der Waals surface area contributed by atoms with Crippen LogP contribution in [0.2, 0.25) is 0 Å². The van der Waals surface area contributed by atoms with E-state index in [1.54, 1.807) is 6.20 Å². The summed E-state index contributed by atoms with van der Waals surface area (Å²) in [4.78, 5) is 18.2. The van der Waals surface area contributed by atoms with E-state index in [1.165, 1.54) is 0 Å². The Kier molecular flexibility index (Phi) is 4.36. The van der Waals surface area contributed by atoms with Gasteiger partial charge in [0.1, 0.15) is 5.82 Å². The van der Waals surface area contributed by atoms with Gasteiger partial charge in [-0.25, -0.2) is 4.98 Å². The Morgan fingerprint density at radius 2 is 2.44 bits per heavy atom. The molecular formula is C13H22N4O. The molecular weight excluding hydrogens is 228 g/mol. The Balaban J connectivity index is 1.73. The molecule has 5 heteroatoms. The predicted octanol–water partition coefficient (Wildman–Crippen LogP) is 0.792. The van der Waals surface area contributed by atoms with Crippen molar-refractivity contribution >= 4 is 5.91 Å². The summed E-state index contributed by atoms with van der Waals surface area (Å²) in [6.07, 6.45) is 5.28. The fraction of sp³-hybridized carbons (Fsp3) is 0.692. The number of rotatable bonds is 4. The molecule has 0 saturated carbocycles. The number of carbonyl (C=O) groups is 1. The van der Waals surface area contributed by atoms with Gasteiger partial charge in [-0.1, -0.05) is 0 Å². The van der Waals surface area contributed by atoms with Crippen LogP contribution in [0.1, 0.15) is 25.6 Å². The SMILES string of the molecule is Cc1nccn1CCCC(=O)N1CCN[C@@H](C)C1. The van der Waals surface area contributed by atoms with Crippen molar-refractivity contribution in [2.75, 3.05) is 19.6 Å². The second kappa shape index (κ2) is 6.00. The van der Waals surface area contributed by atoms with Crippen LogP contribution in [-0.4, -0.2) is 46.0 Å². The molecule has 5 nitrogen and oxygen atoms in total. The number of hydrogen-bond acceptors (Lipinski definition) is 3. The van der Waals surface area contributed by atoms with Crippen LogP contribution in [-0.2, 0) is 11.3 Å². The van der Waals surface area contributed by atoms with Crippen LogP contribution in [0.3, 0.4) is 0 Å². The summed E-state index contributed by atoms with van der Waals surface area (Å²) in [5.41, 5.74) is 0. The van der Waals surface area contributed by atoms with E-state index >= 15 is 0 Å². The summed E-state index contributed by atoms with van der Waals surface area (Å²) in [7, 11) is 0. The van der Waals surface area contributed by atoms with Crippen molar-refractivity contribution < 1.29 is 4.79 Å². The van der Waals surface area contributed by atoms with Gasteiger partial charge in [-0.05, 0) is 20.3 Å². The molecule has 1 aromatic rings. The van der Waals surface area contributed by atoms with Gasteiger partial charge < -0.3 is 14.8 Å². The molecule has 2 rings (SSSR count). The van der Waals surface area contributed by atoms with Gasteiger partial charge in [-0.2, -0.15) is 0 Å². The lowest BCUT2D eigenvalue weighted by Gasteiger charge is -2.32. The quantitative estimate of drug-likeness (QED) is 0.859. The third-order valence-electron chi connectivity index (χ3n) is 3.43. The van der Waals surface area contributed by atoms with Crippen molar-refractivity contribution in [3.8, 4) is 0 Å². The van der Waals surface area contributed by atoms with Gasteiger partial charge in [-0.3, -0.25) is 4.79 Å². The summed E-state index contributed by atoms with van der Waals surface area (Å²) >= 11 is 0. The van der Waals surface area contributed by atoms with E-state index in [0.29, 0.717) is 12.5 Å². The van der Waals surface area contributed by atoms with Gasteiger partial charge in [0, 0.05) is 51.0 Å². The topological polar surface area (TPSA) is 50.2 Å². The van der Waals surface area contributed by atoms with E-state index in [9.17, 15) is 4.79 Å². The number of hydrogen-bond donors (Lipinski definition) is 1. The zero-order valence-electron chi connectivity index (χ0n) is 11.2. The molecule has 0 aromatic carbocycles. The van der Waals surface area contributed by atoms with Crippen molar-refractivity contribution in [2.45, 2.75) is 39.3 Å². The van der Waals surface area contributed by atoms with Crippen molar-refractivity contribution in [3.05, 3.63) is 18.2 Å². The lowest BCUT2D eigenvalue weighted by molar-refractivity contribution is -0.132. The second-order valence-corrected chi connectivity index (χ2v) is 4.97. The van der Waals surface area contributed by atoms with E-state index < -0.39 is 0 Å². The minimum atomic E-state index is 0.279. The normalized spacial score (nSPS) is 20.1. The van der Waals surface area contributed by atoms with E-state index in [0.717, 1.165) is 38.4 Å². The first kappa shape index (κ1) is 13.1. The summed E-state index contributed by atoms with van der Waals surface area (Å²) in [5.74, 6) is 1.29. The first-order valence-corrected chi connectivity index (χ1v) is 6.65. The smallest absolute Gasteiger partial charge is 0.222 e. The van der Waals surface area contributed by atoms with E-state index in [-0.39, 0.29) is 5.91 Å². The zero-order valence-corrected chi connectivity index (χ0v) is 11.2. The van der Waals surface area contributed by atoms with Crippen LogP contribution in [0.4, 0.5) is 0 Å². The van der Waals surface area contributed by atoms with Crippen molar-refractivity contribution in [2.24, 2.45) is 0 Å². The highest BCUT2D eigenvalue weighted by molar-refractivity contribution is 5.76. The molecule has 0 unspecified atom stereocenters. The lowest BCUT2D eigenvalue weighted by Crippen LogP contribution is -2.51. The van der Waals surface area contributed by atoms with Crippen molar-refractivity contribution in [3.63, 3.8) is 0 Å². The molecule has 0 aliphatic carbocycles. The highest BCUT2D eigenvalue weighted by atomic mass is 16.2. The maximum Gasteiger partial charge on any atom is 0.222 e. The Hall–Kier alpha value is -1.36. The Labute approximate surface area is 108 Å². The van der Waals surface area contributed by atoms with Gasteiger partial charge in [0.05, 0.1) is 0 Å². The van der Waals surface area contributed by atoms with Crippen LogP contribution in [0.15, 0.2) is 12.4 Å². The highest BCUT2D eigenvalue weighted by Crippen LogP contribution is 2.05. The fourth-order valence-corrected chi connectivity index (χ4v) is 2.36. The Morgan fingerprint density at radius 1 is 1.61 bits per heavy atom. The molecule has 1 atom stereocenters. The summed E-state index contributed by atoms with van der Waals surface area (Å²) in [5, 5.41) is 3.35. The van der Waals surface area contributed by atoms with Crippen molar-refractivity contribution in [1.29, 1.82) is 0 Å². The molecule has 0 spiro atoms. The van der Waals surface area contributed by atoms with E-state index in [1.807, 2.05) is 18.0 Å². The number of amides is 1. The Bertz CT molecular complexity index is 401. The standard InChI is InChI=1S/C13H22N4O/c1-11-10-17(9-5-14-11)13(18)4-3-7-16-8-6-15-12(16)2/h6,8,11,14H,3-5,7,9-10H2,1-2H3/t11-/m0/s1. The molecule has 1 amide bonds. The minimum absolute atomic E-state index is 0.279. The number of piperazine rings is 1. The molecule has 1 fully saturated rings. The van der Waals surface area contributed by atoms with Gasteiger partial charge in [0.2, 0.25) is 5.91 Å². The molecule has 1 N–H and O–H groups in total. The average Bonchev–Trinajstić information content (AvgIpc) is 2.75. The molecule has 1 aliphatic rings. The predicted molar refractivity (Wildman–Crippen MR) is 70.2 cm³/mol. The first-order chi connectivity index (χ1) is 8.66. The van der Waals surface area contributed by atoms with E-state index in [4.69, 9.17) is 0 Å². The molecule has 100 valence electrons. The third-order valence-corrected chi connectivity index (χ3v) is 3.43. The lowest BCUT2D eigenvalue weighted by atomic mass is 10.2. The van der Waals surface area contributed by atoms with Crippen molar-refractivity contribution in [1.82, 2.24) is 19.8 Å². The summed E-state index contributed by atoms with van der Waals surface area (Å²) in [6.45, 7) is 7.57. The van der Waals surface area contributed by atoms with Gasteiger partial charge in [0.25, 0.3) is 0 Å². The van der Waals surface area contributed by atoms with Gasteiger partial charge in [-0.15, -0.1) is 0 Å². The van der Waals surface area contributed by atoms with Crippen LogP contribution in [0.5, 0.6) is 0 Å². The number of nitrogens with zero attached hydrogens (tertiary/aromatic N) is 3. The first-order valence-electron chi connectivity index (χ1n) is 6.65. The third kappa shape index (κ3) is 3.32. The number of carbonyl (C=O) groups excluding carboxylic acids is 1. The van der Waals surface area contributed by atoms with Crippen LogP contribution < -0.4 is 5.32 Å². The zero-order chi connectivity index (χ0) is 13.0. The molecule has 1 saturated heterocycles.